The summed E-state index contributed by atoms with van der Waals surface area (Å²) in [4.78, 5) is 22.3. The summed E-state index contributed by atoms with van der Waals surface area (Å²) in [6, 6.07) is 3.91. The van der Waals surface area contributed by atoms with E-state index >= 15 is 0 Å². The van der Waals surface area contributed by atoms with Crippen molar-refractivity contribution in [3.63, 3.8) is 0 Å². The van der Waals surface area contributed by atoms with Crippen molar-refractivity contribution in [2.45, 2.75) is 11.3 Å². The third-order valence-electron chi connectivity index (χ3n) is 2.47. The average molecular weight is 301 g/mol. The smallest absolute Gasteiger partial charge is 0.305 e. The molecule has 1 rings (SSSR count). The third kappa shape index (κ3) is 4.23. The molecule has 8 heteroatoms. The first-order chi connectivity index (χ1) is 9.25. The van der Waals surface area contributed by atoms with Gasteiger partial charge in [-0.1, -0.05) is 0 Å². The van der Waals surface area contributed by atoms with Crippen LogP contribution < -0.4 is 10.1 Å². The molecule has 1 aromatic rings. The van der Waals surface area contributed by atoms with E-state index in [4.69, 9.17) is 9.84 Å². The summed E-state index contributed by atoms with van der Waals surface area (Å²) in [5.41, 5.74) is 0.0424. The van der Waals surface area contributed by atoms with Gasteiger partial charge in [0.05, 0.1) is 24.0 Å². The molecule has 0 aromatic heterocycles. The number of sulfone groups is 1. The van der Waals surface area contributed by atoms with E-state index in [0.29, 0.717) is 0 Å². The van der Waals surface area contributed by atoms with Crippen LogP contribution in [-0.2, 0) is 14.6 Å². The monoisotopic (exact) mass is 301 g/mol. The van der Waals surface area contributed by atoms with E-state index in [-0.39, 0.29) is 29.2 Å². The van der Waals surface area contributed by atoms with Crippen LogP contribution in [0.15, 0.2) is 23.1 Å². The number of carboxylic acid groups (broad SMARTS) is 1. The predicted molar refractivity (Wildman–Crippen MR) is 70.7 cm³/mol. The second kappa shape index (κ2) is 6.38. The fourth-order valence-corrected chi connectivity index (χ4v) is 2.12. The quantitative estimate of drug-likeness (QED) is 0.782. The number of hydrogen-bond donors (Lipinski definition) is 2. The highest BCUT2D eigenvalue weighted by Gasteiger charge is 2.16. The highest BCUT2D eigenvalue weighted by Crippen LogP contribution is 2.22. The number of nitrogens with one attached hydrogen (secondary N) is 1. The minimum Gasteiger partial charge on any atom is -0.496 e. The number of rotatable bonds is 6. The van der Waals surface area contributed by atoms with Gasteiger partial charge in [0.2, 0.25) is 0 Å². The Bertz CT molecular complexity index is 623. The van der Waals surface area contributed by atoms with Gasteiger partial charge in [0.15, 0.2) is 9.84 Å². The van der Waals surface area contributed by atoms with Gasteiger partial charge in [-0.15, -0.1) is 0 Å². The lowest BCUT2D eigenvalue weighted by Gasteiger charge is -2.10. The molecule has 0 aliphatic rings. The van der Waals surface area contributed by atoms with E-state index in [1.54, 1.807) is 0 Å². The van der Waals surface area contributed by atoms with E-state index in [1.165, 1.54) is 25.3 Å². The van der Waals surface area contributed by atoms with Crippen LogP contribution >= 0.6 is 0 Å². The first-order valence-electron chi connectivity index (χ1n) is 5.64. The summed E-state index contributed by atoms with van der Waals surface area (Å²) in [6.07, 6.45) is 0.806. The summed E-state index contributed by atoms with van der Waals surface area (Å²) in [6.45, 7) is -0.0551. The molecular weight excluding hydrogens is 286 g/mol. The summed E-state index contributed by atoms with van der Waals surface area (Å²) in [5.74, 6) is -1.42. The minimum absolute atomic E-state index is 0.0123. The van der Waals surface area contributed by atoms with Gasteiger partial charge < -0.3 is 15.2 Å². The van der Waals surface area contributed by atoms with Crippen molar-refractivity contribution in [3.8, 4) is 5.75 Å². The number of amides is 1. The summed E-state index contributed by atoms with van der Waals surface area (Å²) >= 11 is 0. The van der Waals surface area contributed by atoms with Crippen molar-refractivity contribution in [3.05, 3.63) is 23.8 Å². The van der Waals surface area contributed by atoms with Crippen LogP contribution in [0.25, 0.3) is 0 Å². The van der Waals surface area contributed by atoms with Crippen LogP contribution in [0, 0.1) is 0 Å². The summed E-state index contributed by atoms with van der Waals surface area (Å²) in [7, 11) is -2.10. The summed E-state index contributed by atoms with van der Waals surface area (Å²) < 4.78 is 27.9. The van der Waals surface area contributed by atoms with Gasteiger partial charge in [0, 0.05) is 12.8 Å². The van der Waals surface area contributed by atoms with Crippen LogP contribution in [0.1, 0.15) is 16.8 Å². The molecule has 2 N–H and O–H groups in total. The molecule has 0 spiro atoms. The van der Waals surface area contributed by atoms with Gasteiger partial charge in [0.25, 0.3) is 5.91 Å². The lowest BCUT2D eigenvalue weighted by molar-refractivity contribution is -0.136. The number of aliphatic carboxylic acids is 1. The SMILES string of the molecule is COc1ccc(S(C)(=O)=O)cc1C(=O)NCCC(=O)O. The van der Waals surface area contributed by atoms with Gasteiger partial charge in [-0.05, 0) is 18.2 Å². The zero-order valence-corrected chi connectivity index (χ0v) is 11.9. The van der Waals surface area contributed by atoms with Gasteiger partial charge >= 0.3 is 5.97 Å². The predicted octanol–water partition coefficient (Wildman–Crippen LogP) is 0.303. The zero-order chi connectivity index (χ0) is 15.3. The van der Waals surface area contributed by atoms with Crippen LogP contribution in [0.4, 0.5) is 0 Å². The number of hydrogen-bond acceptors (Lipinski definition) is 5. The van der Waals surface area contributed by atoms with Crippen molar-refractivity contribution < 1.29 is 27.9 Å². The van der Waals surface area contributed by atoms with Crippen LogP contribution in [0.5, 0.6) is 5.75 Å². The lowest BCUT2D eigenvalue weighted by atomic mass is 10.2. The van der Waals surface area contributed by atoms with Crippen molar-refractivity contribution in [1.82, 2.24) is 5.32 Å². The number of benzene rings is 1. The number of carbonyl (C=O) groups excluding carboxylic acids is 1. The number of carboxylic acids is 1. The van der Waals surface area contributed by atoms with Crippen LogP contribution in [0.2, 0.25) is 0 Å². The van der Waals surface area contributed by atoms with Gasteiger partial charge in [0.1, 0.15) is 5.75 Å². The molecule has 0 atom stereocenters. The number of methoxy groups -OCH3 is 1. The topological polar surface area (TPSA) is 110 Å². The number of ether oxygens (including phenoxy) is 1. The average Bonchev–Trinajstić information content (AvgIpc) is 2.36. The molecule has 0 radical (unpaired) electrons. The van der Waals surface area contributed by atoms with Crippen molar-refractivity contribution >= 4 is 21.7 Å². The maximum absolute atomic E-state index is 11.9. The molecule has 0 unspecified atom stereocenters. The Morgan fingerprint density at radius 1 is 1.35 bits per heavy atom. The molecule has 0 saturated heterocycles. The summed E-state index contributed by atoms with van der Waals surface area (Å²) in [5, 5.41) is 10.9. The minimum atomic E-state index is -3.45. The normalized spacial score (nSPS) is 10.9. The maximum atomic E-state index is 11.9. The van der Waals surface area contributed by atoms with Crippen molar-refractivity contribution in [2.75, 3.05) is 19.9 Å². The van der Waals surface area contributed by atoms with Gasteiger partial charge in [-0.2, -0.15) is 0 Å². The molecule has 0 bridgehead atoms. The van der Waals surface area contributed by atoms with Crippen LogP contribution in [-0.4, -0.2) is 45.3 Å². The van der Waals surface area contributed by atoms with Gasteiger partial charge in [-0.3, -0.25) is 9.59 Å². The molecule has 0 heterocycles. The molecule has 110 valence electrons. The van der Waals surface area contributed by atoms with Crippen LogP contribution in [0.3, 0.4) is 0 Å². The van der Waals surface area contributed by atoms with E-state index < -0.39 is 21.7 Å². The highest BCUT2D eigenvalue weighted by molar-refractivity contribution is 7.90. The lowest BCUT2D eigenvalue weighted by Crippen LogP contribution is -2.26. The Balaban J connectivity index is 3.02. The van der Waals surface area contributed by atoms with E-state index in [2.05, 4.69) is 5.32 Å². The van der Waals surface area contributed by atoms with Crippen molar-refractivity contribution in [1.29, 1.82) is 0 Å². The van der Waals surface area contributed by atoms with E-state index in [1.807, 2.05) is 0 Å². The van der Waals surface area contributed by atoms with Crippen molar-refractivity contribution in [2.24, 2.45) is 0 Å². The Hall–Kier alpha value is -2.09. The molecule has 20 heavy (non-hydrogen) atoms. The van der Waals surface area contributed by atoms with E-state index in [0.717, 1.165) is 6.26 Å². The molecular formula is C12H15NO6S. The Morgan fingerprint density at radius 3 is 2.50 bits per heavy atom. The molecule has 0 aliphatic heterocycles. The molecule has 1 aromatic carbocycles. The molecule has 0 saturated carbocycles. The standard InChI is InChI=1S/C12H15NO6S/c1-19-10-4-3-8(20(2,17)18)7-9(10)12(16)13-6-5-11(14)15/h3-4,7H,5-6H2,1-2H3,(H,13,16)(H,14,15). The fourth-order valence-electron chi connectivity index (χ4n) is 1.47. The number of carbonyl (C=O) groups is 2. The Kier molecular flexibility index (Phi) is 5.09. The molecule has 7 nitrogen and oxygen atoms in total. The second-order valence-corrected chi connectivity index (χ2v) is 6.05. The second-order valence-electron chi connectivity index (χ2n) is 4.03. The molecule has 0 fully saturated rings. The Morgan fingerprint density at radius 2 is 2.00 bits per heavy atom. The van der Waals surface area contributed by atoms with E-state index in [9.17, 15) is 18.0 Å². The molecule has 0 aliphatic carbocycles. The highest BCUT2D eigenvalue weighted by atomic mass is 32.2. The third-order valence-corrected chi connectivity index (χ3v) is 3.58. The van der Waals surface area contributed by atoms with Gasteiger partial charge in [-0.25, -0.2) is 8.42 Å². The molecule has 1 amide bonds. The zero-order valence-electron chi connectivity index (χ0n) is 11.0. The first kappa shape index (κ1) is 16.0. The first-order valence-corrected chi connectivity index (χ1v) is 7.53. The largest absolute Gasteiger partial charge is 0.496 e. The maximum Gasteiger partial charge on any atom is 0.305 e. The fraction of sp³-hybridized carbons (Fsp3) is 0.333. The Labute approximate surface area is 116 Å².